The van der Waals surface area contributed by atoms with Gasteiger partial charge in [0, 0.05) is 31.7 Å². The molecule has 21 heavy (non-hydrogen) atoms. The van der Waals surface area contributed by atoms with Gasteiger partial charge in [-0.3, -0.25) is 9.69 Å². The van der Waals surface area contributed by atoms with E-state index >= 15 is 0 Å². The molecular weight excluding hydrogens is 262 g/mol. The van der Waals surface area contributed by atoms with Gasteiger partial charge in [0.25, 0.3) is 0 Å². The van der Waals surface area contributed by atoms with E-state index in [4.69, 9.17) is 5.73 Å². The van der Waals surface area contributed by atoms with Gasteiger partial charge in [-0.1, -0.05) is 29.8 Å². The lowest BCUT2D eigenvalue weighted by molar-refractivity contribution is -0.116. The Bertz CT molecular complexity index is 511. The van der Waals surface area contributed by atoms with E-state index in [1.807, 2.05) is 24.3 Å². The smallest absolute Gasteiger partial charge is 0.224 e. The van der Waals surface area contributed by atoms with Crippen LogP contribution in [0.2, 0.25) is 0 Å². The molecule has 0 aliphatic carbocycles. The number of carbonyl (C=O) groups is 1. The minimum Gasteiger partial charge on any atom is -0.326 e. The van der Waals surface area contributed by atoms with Crippen molar-refractivity contribution in [3.8, 4) is 0 Å². The average Bonchev–Trinajstić information content (AvgIpc) is 2.50. The second kappa shape index (κ2) is 7.96. The highest BCUT2D eigenvalue weighted by atomic mass is 16.1. The van der Waals surface area contributed by atoms with Gasteiger partial charge in [0.1, 0.15) is 0 Å². The van der Waals surface area contributed by atoms with E-state index in [2.05, 4.69) is 23.2 Å². The van der Waals surface area contributed by atoms with Gasteiger partial charge in [-0.25, -0.2) is 0 Å². The first kappa shape index (κ1) is 15.7. The van der Waals surface area contributed by atoms with Crippen LogP contribution in [0.25, 0.3) is 0 Å². The molecule has 0 saturated carbocycles. The van der Waals surface area contributed by atoms with Crippen LogP contribution in [0.5, 0.6) is 0 Å². The highest BCUT2D eigenvalue weighted by molar-refractivity contribution is 5.91. The lowest BCUT2D eigenvalue weighted by atomic mass is 10.1. The van der Waals surface area contributed by atoms with Gasteiger partial charge in [0.05, 0.1) is 0 Å². The first-order valence-corrected chi connectivity index (χ1v) is 7.65. The van der Waals surface area contributed by atoms with Crippen molar-refractivity contribution in [2.45, 2.75) is 32.7 Å². The van der Waals surface area contributed by atoms with E-state index in [0.717, 1.165) is 43.7 Å². The molecule has 2 rings (SSSR count). The van der Waals surface area contributed by atoms with E-state index in [1.54, 1.807) is 0 Å². The SMILES string of the molecule is CC1=CCN(CCCC(=O)Nc2ccccc2CN)CC1. The van der Waals surface area contributed by atoms with Crippen LogP contribution >= 0.6 is 0 Å². The van der Waals surface area contributed by atoms with Gasteiger partial charge in [-0.05, 0) is 37.9 Å². The van der Waals surface area contributed by atoms with Crippen molar-refractivity contribution in [2.24, 2.45) is 5.73 Å². The summed E-state index contributed by atoms with van der Waals surface area (Å²) in [4.78, 5) is 14.4. The van der Waals surface area contributed by atoms with Crippen LogP contribution in [0.15, 0.2) is 35.9 Å². The molecule has 114 valence electrons. The Morgan fingerprint density at radius 2 is 2.19 bits per heavy atom. The quantitative estimate of drug-likeness (QED) is 0.790. The zero-order valence-electron chi connectivity index (χ0n) is 12.8. The molecular formula is C17H25N3O. The van der Waals surface area contributed by atoms with E-state index < -0.39 is 0 Å². The molecule has 0 fully saturated rings. The lowest BCUT2D eigenvalue weighted by Gasteiger charge is -2.24. The Hall–Kier alpha value is -1.65. The molecule has 0 bridgehead atoms. The number of nitrogens with one attached hydrogen (secondary N) is 1. The predicted molar refractivity (Wildman–Crippen MR) is 87.0 cm³/mol. The monoisotopic (exact) mass is 287 g/mol. The maximum atomic E-state index is 12.0. The number of rotatable bonds is 6. The van der Waals surface area contributed by atoms with Crippen LogP contribution in [-0.2, 0) is 11.3 Å². The zero-order chi connectivity index (χ0) is 15.1. The number of benzene rings is 1. The number of para-hydroxylation sites is 1. The molecule has 0 aromatic heterocycles. The number of amides is 1. The molecule has 0 atom stereocenters. The minimum atomic E-state index is 0.0691. The maximum absolute atomic E-state index is 12.0. The molecule has 1 aromatic carbocycles. The van der Waals surface area contributed by atoms with E-state index in [9.17, 15) is 4.79 Å². The third-order valence-corrected chi connectivity index (χ3v) is 3.91. The molecule has 1 heterocycles. The lowest BCUT2D eigenvalue weighted by Crippen LogP contribution is -2.30. The van der Waals surface area contributed by atoms with Crippen molar-refractivity contribution in [1.29, 1.82) is 0 Å². The molecule has 1 aliphatic rings. The summed E-state index contributed by atoms with van der Waals surface area (Å²) in [6.07, 6.45) is 4.87. The van der Waals surface area contributed by atoms with Crippen LogP contribution in [-0.4, -0.2) is 30.4 Å². The Balaban J connectivity index is 1.73. The van der Waals surface area contributed by atoms with Crippen LogP contribution in [0.1, 0.15) is 31.7 Å². The molecule has 0 spiro atoms. The fourth-order valence-corrected chi connectivity index (χ4v) is 2.51. The molecule has 0 saturated heterocycles. The number of nitrogens with two attached hydrogens (primary N) is 1. The van der Waals surface area contributed by atoms with Crippen molar-refractivity contribution in [3.05, 3.63) is 41.5 Å². The summed E-state index contributed by atoms with van der Waals surface area (Å²) in [5, 5.41) is 2.96. The Morgan fingerprint density at radius 3 is 2.90 bits per heavy atom. The van der Waals surface area contributed by atoms with E-state index in [-0.39, 0.29) is 5.91 Å². The van der Waals surface area contributed by atoms with Crippen molar-refractivity contribution < 1.29 is 4.79 Å². The third-order valence-electron chi connectivity index (χ3n) is 3.91. The van der Waals surface area contributed by atoms with Gasteiger partial charge >= 0.3 is 0 Å². The summed E-state index contributed by atoms with van der Waals surface area (Å²) in [5.41, 5.74) is 8.96. The summed E-state index contributed by atoms with van der Waals surface area (Å²) in [5.74, 6) is 0.0691. The van der Waals surface area contributed by atoms with Gasteiger partial charge < -0.3 is 11.1 Å². The fraction of sp³-hybridized carbons (Fsp3) is 0.471. The van der Waals surface area contributed by atoms with E-state index in [0.29, 0.717) is 13.0 Å². The molecule has 0 unspecified atom stereocenters. The van der Waals surface area contributed by atoms with Crippen molar-refractivity contribution >= 4 is 11.6 Å². The second-order valence-corrected chi connectivity index (χ2v) is 5.61. The summed E-state index contributed by atoms with van der Waals surface area (Å²) < 4.78 is 0. The summed E-state index contributed by atoms with van der Waals surface area (Å²) >= 11 is 0. The third kappa shape index (κ3) is 4.99. The largest absolute Gasteiger partial charge is 0.326 e. The van der Waals surface area contributed by atoms with Crippen LogP contribution in [0.4, 0.5) is 5.69 Å². The Kier molecular flexibility index (Phi) is 5.96. The molecule has 4 heteroatoms. The highest BCUT2D eigenvalue weighted by Gasteiger charge is 2.10. The van der Waals surface area contributed by atoms with Crippen LogP contribution < -0.4 is 11.1 Å². The topological polar surface area (TPSA) is 58.4 Å². The zero-order valence-corrected chi connectivity index (χ0v) is 12.8. The van der Waals surface area contributed by atoms with Crippen LogP contribution in [0, 0.1) is 0 Å². The van der Waals surface area contributed by atoms with Crippen molar-refractivity contribution in [3.63, 3.8) is 0 Å². The molecule has 0 radical (unpaired) electrons. The maximum Gasteiger partial charge on any atom is 0.224 e. The van der Waals surface area contributed by atoms with Gasteiger partial charge in [-0.15, -0.1) is 0 Å². The molecule has 1 aromatic rings. The first-order valence-electron chi connectivity index (χ1n) is 7.65. The second-order valence-electron chi connectivity index (χ2n) is 5.61. The molecule has 1 aliphatic heterocycles. The number of hydrogen-bond acceptors (Lipinski definition) is 3. The fourth-order valence-electron chi connectivity index (χ4n) is 2.51. The Labute approximate surface area is 127 Å². The normalized spacial score (nSPS) is 15.6. The summed E-state index contributed by atoms with van der Waals surface area (Å²) in [6.45, 7) is 5.73. The number of carbonyl (C=O) groups excluding carboxylic acids is 1. The molecule has 4 nitrogen and oxygen atoms in total. The summed E-state index contributed by atoms with van der Waals surface area (Å²) in [7, 11) is 0. The first-order chi connectivity index (χ1) is 10.2. The number of nitrogens with zero attached hydrogens (tertiary/aromatic N) is 1. The standard InChI is InChI=1S/C17H25N3O/c1-14-8-11-20(12-9-14)10-4-7-17(21)19-16-6-3-2-5-15(16)13-18/h2-3,5-6,8H,4,7,9-13,18H2,1H3,(H,19,21). The average molecular weight is 287 g/mol. The number of hydrogen-bond donors (Lipinski definition) is 2. The Morgan fingerprint density at radius 1 is 1.38 bits per heavy atom. The van der Waals surface area contributed by atoms with Crippen molar-refractivity contribution in [1.82, 2.24) is 4.90 Å². The van der Waals surface area contributed by atoms with Gasteiger partial charge in [0.2, 0.25) is 5.91 Å². The molecule has 3 N–H and O–H groups in total. The van der Waals surface area contributed by atoms with Crippen molar-refractivity contribution in [2.75, 3.05) is 25.0 Å². The van der Waals surface area contributed by atoms with E-state index in [1.165, 1.54) is 5.57 Å². The summed E-state index contributed by atoms with van der Waals surface area (Å²) in [6, 6.07) is 7.69. The van der Waals surface area contributed by atoms with Gasteiger partial charge in [-0.2, -0.15) is 0 Å². The van der Waals surface area contributed by atoms with Gasteiger partial charge in [0.15, 0.2) is 0 Å². The van der Waals surface area contributed by atoms with Crippen LogP contribution in [0.3, 0.4) is 0 Å². The predicted octanol–water partition coefficient (Wildman–Crippen LogP) is 2.52. The minimum absolute atomic E-state index is 0.0691. The highest BCUT2D eigenvalue weighted by Crippen LogP contribution is 2.15. The molecule has 1 amide bonds. The number of anilines is 1.